The number of likely N-dealkylation sites (tertiary alicyclic amines) is 1. The van der Waals surface area contributed by atoms with Gasteiger partial charge in [-0.2, -0.15) is 0 Å². The molecule has 3 aliphatic rings. The minimum atomic E-state index is -1.11. The smallest absolute Gasteiger partial charge is 0.326 e. The quantitative estimate of drug-likeness (QED) is 0.759. The van der Waals surface area contributed by atoms with E-state index >= 15 is 0 Å². The molecule has 2 fully saturated rings. The molecule has 0 bridgehead atoms. The molecule has 4 heterocycles. The van der Waals surface area contributed by atoms with Crippen molar-refractivity contribution in [2.45, 2.75) is 37.9 Å². The number of aliphatic carboxylic acids is 1. The zero-order valence-electron chi connectivity index (χ0n) is 16.2. The van der Waals surface area contributed by atoms with Gasteiger partial charge in [-0.1, -0.05) is 6.42 Å². The van der Waals surface area contributed by atoms with Crippen molar-refractivity contribution in [3.05, 3.63) is 46.9 Å². The predicted octanol–water partition coefficient (Wildman–Crippen LogP) is 0.680. The molecule has 30 heavy (non-hydrogen) atoms. The summed E-state index contributed by atoms with van der Waals surface area (Å²) >= 11 is 0. The summed E-state index contributed by atoms with van der Waals surface area (Å²) in [6.07, 6.45) is 6.98. The monoisotopic (exact) mass is 410 g/mol. The van der Waals surface area contributed by atoms with Gasteiger partial charge in [0.15, 0.2) is 0 Å². The predicted molar refractivity (Wildman–Crippen MR) is 104 cm³/mol. The largest absolute Gasteiger partial charge is 0.480 e. The van der Waals surface area contributed by atoms with E-state index in [1.54, 1.807) is 29.1 Å². The Morgan fingerprint density at radius 2 is 1.90 bits per heavy atom. The number of carboxylic acids is 1. The summed E-state index contributed by atoms with van der Waals surface area (Å²) in [6, 6.07) is 1.87. The molecule has 9 nitrogen and oxygen atoms in total. The number of fused-ring (bicyclic) bond motifs is 3. The first kappa shape index (κ1) is 18.9. The third-order valence-corrected chi connectivity index (χ3v) is 6.91. The Morgan fingerprint density at radius 1 is 1.17 bits per heavy atom. The topological polar surface area (TPSA) is 126 Å². The molecule has 1 aliphatic carbocycles. The number of carboxylic acid groups (broad SMARTS) is 1. The minimum Gasteiger partial charge on any atom is -0.480 e. The van der Waals surface area contributed by atoms with Crippen LogP contribution < -0.4 is 5.56 Å². The van der Waals surface area contributed by atoms with Crippen LogP contribution in [0.3, 0.4) is 0 Å². The molecule has 5 rings (SSSR count). The van der Waals surface area contributed by atoms with Gasteiger partial charge in [-0.25, -0.2) is 14.8 Å². The molecule has 9 heteroatoms. The van der Waals surface area contributed by atoms with Gasteiger partial charge < -0.3 is 19.7 Å². The Kier molecular flexibility index (Phi) is 4.43. The highest BCUT2D eigenvalue weighted by atomic mass is 16.4. The number of hydrogen-bond acceptors (Lipinski definition) is 6. The van der Waals surface area contributed by atoms with Crippen LogP contribution in [0.2, 0.25) is 0 Å². The highest BCUT2D eigenvalue weighted by molar-refractivity contribution is 5.87. The maximum Gasteiger partial charge on any atom is 0.326 e. The summed E-state index contributed by atoms with van der Waals surface area (Å²) in [5.74, 6) is -2.41. The SMILES string of the molecule is O=C(O)[C@H]1[C@H](CO)[C@H]2Cn3c(ccc(-c4cncnc4)c3=O)[C@H]2N1C(=O)C1CCC1. The van der Waals surface area contributed by atoms with E-state index in [9.17, 15) is 24.6 Å². The van der Waals surface area contributed by atoms with Crippen molar-refractivity contribution < 1.29 is 19.8 Å². The van der Waals surface area contributed by atoms with Crippen LogP contribution >= 0.6 is 0 Å². The second-order valence-electron chi connectivity index (χ2n) is 8.33. The van der Waals surface area contributed by atoms with Gasteiger partial charge in [0.2, 0.25) is 5.91 Å². The van der Waals surface area contributed by atoms with E-state index in [1.807, 2.05) is 0 Å². The lowest BCUT2D eigenvalue weighted by Gasteiger charge is -2.35. The molecule has 2 N–H and O–H groups in total. The Balaban J connectivity index is 1.61. The average Bonchev–Trinajstić information content (AvgIpc) is 3.22. The van der Waals surface area contributed by atoms with E-state index in [4.69, 9.17) is 0 Å². The summed E-state index contributed by atoms with van der Waals surface area (Å²) in [5, 5.41) is 19.9. The molecule has 4 atom stereocenters. The van der Waals surface area contributed by atoms with Gasteiger partial charge in [0, 0.05) is 54.6 Å². The van der Waals surface area contributed by atoms with E-state index < -0.39 is 24.0 Å². The molecule has 0 unspecified atom stereocenters. The Hall–Kier alpha value is -3.07. The Morgan fingerprint density at radius 3 is 2.50 bits per heavy atom. The summed E-state index contributed by atoms with van der Waals surface area (Å²) in [6.45, 7) is -0.0848. The van der Waals surface area contributed by atoms with Crippen molar-refractivity contribution in [1.82, 2.24) is 19.4 Å². The summed E-state index contributed by atoms with van der Waals surface area (Å²) < 4.78 is 1.61. The molecule has 156 valence electrons. The molecule has 1 saturated heterocycles. The van der Waals surface area contributed by atoms with Gasteiger partial charge in [0.25, 0.3) is 5.56 Å². The van der Waals surface area contributed by atoms with E-state index in [1.165, 1.54) is 11.2 Å². The van der Waals surface area contributed by atoms with Crippen LogP contribution in [0.25, 0.3) is 11.1 Å². The number of amides is 1. The molecule has 2 aliphatic heterocycles. The second kappa shape index (κ2) is 7.02. The zero-order valence-corrected chi connectivity index (χ0v) is 16.2. The molecule has 0 aromatic carbocycles. The Bertz CT molecular complexity index is 1060. The van der Waals surface area contributed by atoms with Gasteiger partial charge in [-0.3, -0.25) is 9.59 Å². The fraction of sp³-hybridized carbons (Fsp3) is 0.476. The van der Waals surface area contributed by atoms with Gasteiger partial charge in [0.05, 0.1) is 11.6 Å². The van der Waals surface area contributed by atoms with Gasteiger partial charge in [-0.15, -0.1) is 0 Å². The number of aliphatic hydroxyl groups excluding tert-OH is 1. The molecule has 2 aromatic rings. The third kappa shape index (κ3) is 2.61. The van der Waals surface area contributed by atoms with E-state index in [-0.39, 0.29) is 36.5 Å². The van der Waals surface area contributed by atoms with Crippen LogP contribution in [0.4, 0.5) is 0 Å². The first-order valence-corrected chi connectivity index (χ1v) is 10.2. The van der Waals surface area contributed by atoms with Gasteiger partial charge >= 0.3 is 5.97 Å². The van der Waals surface area contributed by atoms with Crippen LogP contribution in [0.1, 0.15) is 31.0 Å². The molecular weight excluding hydrogens is 388 g/mol. The molecule has 1 saturated carbocycles. The van der Waals surface area contributed by atoms with Crippen molar-refractivity contribution in [3.63, 3.8) is 0 Å². The number of rotatable bonds is 4. The van der Waals surface area contributed by atoms with E-state index in [2.05, 4.69) is 9.97 Å². The van der Waals surface area contributed by atoms with Crippen LogP contribution in [-0.4, -0.2) is 54.2 Å². The number of carbonyl (C=O) groups is 2. The summed E-state index contributed by atoms with van der Waals surface area (Å²) in [7, 11) is 0. The number of aromatic nitrogens is 3. The first-order valence-electron chi connectivity index (χ1n) is 10.2. The lowest BCUT2D eigenvalue weighted by molar-refractivity contribution is -0.154. The normalized spacial score (nSPS) is 27.4. The molecular formula is C21H22N4O5. The van der Waals surface area contributed by atoms with Crippen molar-refractivity contribution in [1.29, 1.82) is 0 Å². The van der Waals surface area contributed by atoms with E-state index in [0.717, 1.165) is 19.3 Å². The molecule has 2 aromatic heterocycles. The zero-order chi connectivity index (χ0) is 21.0. The van der Waals surface area contributed by atoms with Gasteiger partial charge in [0.1, 0.15) is 12.4 Å². The van der Waals surface area contributed by atoms with Crippen molar-refractivity contribution in [2.24, 2.45) is 17.8 Å². The average molecular weight is 410 g/mol. The summed E-state index contributed by atoms with van der Waals surface area (Å²) in [5.41, 5.74) is 1.45. The van der Waals surface area contributed by atoms with Crippen LogP contribution in [0, 0.1) is 17.8 Å². The van der Waals surface area contributed by atoms with Crippen LogP contribution in [-0.2, 0) is 16.1 Å². The number of pyridine rings is 1. The fourth-order valence-electron chi connectivity index (χ4n) is 5.24. The van der Waals surface area contributed by atoms with Crippen molar-refractivity contribution >= 4 is 11.9 Å². The fourth-order valence-corrected chi connectivity index (χ4v) is 5.24. The number of aliphatic hydroxyl groups is 1. The van der Waals surface area contributed by atoms with Crippen LogP contribution in [0.5, 0.6) is 0 Å². The maximum absolute atomic E-state index is 13.2. The van der Waals surface area contributed by atoms with Gasteiger partial charge in [-0.05, 0) is 25.0 Å². The highest BCUT2D eigenvalue weighted by Crippen LogP contribution is 2.50. The second-order valence-corrected chi connectivity index (χ2v) is 8.33. The van der Waals surface area contributed by atoms with E-state index in [0.29, 0.717) is 16.8 Å². The molecule has 0 spiro atoms. The number of hydrogen-bond donors (Lipinski definition) is 2. The lowest BCUT2D eigenvalue weighted by atomic mass is 9.84. The van der Waals surface area contributed by atoms with Crippen molar-refractivity contribution in [2.75, 3.05) is 6.61 Å². The Labute approximate surface area is 172 Å². The summed E-state index contributed by atoms with van der Waals surface area (Å²) in [4.78, 5) is 47.9. The van der Waals surface area contributed by atoms with Crippen LogP contribution in [0.15, 0.2) is 35.6 Å². The lowest BCUT2D eigenvalue weighted by Crippen LogP contribution is -2.49. The standard InChI is InChI=1S/C21H22N4O5/c26-9-15-14-8-24-16(5-4-13(20(24)28)12-6-22-10-23-7-12)17(14)25(18(15)21(29)30)19(27)11-2-1-3-11/h4-7,10-11,14-15,17-18,26H,1-3,8-9H2,(H,29,30)/t14-,15-,17+,18-/m1/s1. The molecule has 1 amide bonds. The number of carbonyl (C=O) groups excluding carboxylic acids is 1. The van der Waals surface area contributed by atoms with Crippen molar-refractivity contribution in [3.8, 4) is 11.1 Å². The molecule has 0 radical (unpaired) electrons. The first-order chi connectivity index (χ1) is 14.5. The minimum absolute atomic E-state index is 0.175. The third-order valence-electron chi connectivity index (χ3n) is 6.91. The highest BCUT2D eigenvalue weighted by Gasteiger charge is 2.58. The number of nitrogens with zero attached hydrogens (tertiary/aromatic N) is 4. The maximum atomic E-state index is 13.2.